The second kappa shape index (κ2) is 10.7. The molecule has 1 saturated heterocycles. The van der Waals surface area contributed by atoms with Crippen molar-refractivity contribution < 1.29 is 4.39 Å². The van der Waals surface area contributed by atoms with E-state index in [1.807, 2.05) is 37.4 Å². The van der Waals surface area contributed by atoms with Crippen LogP contribution in [0.2, 0.25) is 0 Å². The number of H-pyrrole nitrogens is 1. The van der Waals surface area contributed by atoms with Gasteiger partial charge >= 0.3 is 0 Å². The minimum atomic E-state index is -0.458. The van der Waals surface area contributed by atoms with Gasteiger partial charge in [-0.05, 0) is 68.2 Å². The number of hydrogen-bond donors (Lipinski definition) is 2. The Morgan fingerprint density at radius 3 is 2.62 bits per heavy atom. The lowest BCUT2D eigenvalue weighted by atomic mass is 10.1. The zero-order chi connectivity index (χ0) is 26.8. The number of likely N-dealkylation sites (tertiary alicyclic amines) is 1. The SMILES string of the molecule is C=C(Nc1ccnc(-c2ccncc2)c1C)c1n[nH]c2cnc(-c3cncc(CN4CCCCC4)c3)c(F)c12. The molecule has 2 N–H and O–H groups in total. The molecule has 0 radical (unpaired) electrons. The minimum absolute atomic E-state index is 0.242. The summed E-state index contributed by atoms with van der Waals surface area (Å²) in [4.78, 5) is 19.9. The average Bonchev–Trinajstić information content (AvgIpc) is 3.41. The first-order valence-corrected chi connectivity index (χ1v) is 13.1. The predicted molar refractivity (Wildman–Crippen MR) is 151 cm³/mol. The van der Waals surface area contributed by atoms with Gasteiger partial charge < -0.3 is 5.32 Å². The summed E-state index contributed by atoms with van der Waals surface area (Å²) in [6.45, 7) is 9.12. The van der Waals surface area contributed by atoms with Crippen LogP contribution in [0.15, 0.2) is 68.0 Å². The number of piperidine rings is 1. The van der Waals surface area contributed by atoms with Crippen LogP contribution in [0.5, 0.6) is 0 Å². The molecule has 0 amide bonds. The lowest BCUT2D eigenvalue weighted by Gasteiger charge is -2.26. The number of rotatable bonds is 7. The van der Waals surface area contributed by atoms with Crippen molar-refractivity contribution in [3.05, 3.63) is 90.7 Å². The number of aromatic nitrogens is 6. The van der Waals surface area contributed by atoms with Gasteiger partial charge in [0.1, 0.15) is 11.4 Å². The molecule has 5 aromatic heterocycles. The summed E-state index contributed by atoms with van der Waals surface area (Å²) >= 11 is 0. The molecule has 1 fully saturated rings. The van der Waals surface area contributed by atoms with E-state index < -0.39 is 5.82 Å². The van der Waals surface area contributed by atoms with Crippen molar-refractivity contribution in [2.45, 2.75) is 32.7 Å². The summed E-state index contributed by atoms with van der Waals surface area (Å²) in [6, 6.07) is 7.67. The fourth-order valence-electron chi connectivity index (χ4n) is 5.17. The molecule has 0 bridgehead atoms. The first-order valence-electron chi connectivity index (χ1n) is 13.1. The predicted octanol–water partition coefficient (Wildman–Crippen LogP) is 5.99. The third-order valence-electron chi connectivity index (χ3n) is 7.20. The number of hydrogen-bond acceptors (Lipinski definition) is 7. The maximum Gasteiger partial charge on any atom is 0.161 e. The van der Waals surface area contributed by atoms with E-state index in [2.05, 4.69) is 46.9 Å². The summed E-state index contributed by atoms with van der Waals surface area (Å²) < 4.78 is 16.1. The van der Waals surface area contributed by atoms with Crippen molar-refractivity contribution in [1.29, 1.82) is 0 Å². The van der Waals surface area contributed by atoms with Crippen LogP contribution in [0.3, 0.4) is 0 Å². The summed E-state index contributed by atoms with van der Waals surface area (Å²) in [5.41, 5.74) is 6.81. The third kappa shape index (κ3) is 5.00. The average molecular weight is 521 g/mol. The molecule has 0 saturated carbocycles. The molecule has 1 aliphatic rings. The van der Waals surface area contributed by atoms with Crippen molar-refractivity contribution in [2.24, 2.45) is 0 Å². The van der Waals surface area contributed by atoms with Crippen LogP contribution in [-0.4, -0.2) is 48.1 Å². The Morgan fingerprint density at radius 1 is 0.974 bits per heavy atom. The fraction of sp³-hybridized carbons (Fsp3) is 0.233. The first kappa shape index (κ1) is 24.8. The smallest absolute Gasteiger partial charge is 0.161 e. The highest BCUT2D eigenvalue weighted by atomic mass is 19.1. The quantitative estimate of drug-likeness (QED) is 0.272. The van der Waals surface area contributed by atoms with Gasteiger partial charge in [0.25, 0.3) is 0 Å². The van der Waals surface area contributed by atoms with Gasteiger partial charge in [-0.15, -0.1) is 0 Å². The number of pyridine rings is 4. The van der Waals surface area contributed by atoms with Crippen LogP contribution in [0, 0.1) is 12.7 Å². The summed E-state index contributed by atoms with van der Waals surface area (Å²) in [6.07, 6.45) is 14.0. The van der Waals surface area contributed by atoms with E-state index in [1.54, 1.807) is 31.0 Å². The molecule has 6 heterocycles. The molecule has 5 aromatic rings. The van der Waals surface area contributed by atoms with Crippen molar-refractivity contribution >= 4 is 22.3 Å². The molecule has 0 atom stereocenters. The van der Waals surface area contributed by atoms with Gasteiger partial charge in [-0.1, -0.05) is 13.0 Å². The van der Waals surface area contributed by atoms with Crippen LogP contribution in [0.4, 0.5) is 10.1 Å². The number of fused-ring (bicyclic) bond motifs is 1. The van der Waals surface area contributed by atoms with E-state index in [-0.39, 0.29) is 5.69 Å². The molecule has 0 aliphatic carbocycles. The lowest BCUT2D eigenvalue weighted by Crippen LogP contribution is -2.29. The number of halogens is 1. The minimum Gasteiger partial charge on any atom is -0.354 e. The number of anilines is 1. The van der Waals surface area contributed by atoms with Gasteiger partial charge in [-0.3, -0.25) is 29.9 Å². The van der Waals surface area contributed by atoms with Gasteiger partial charge in [-0.2, -0.15) is 5.10 Å². The molecule has 0 aromatic carbocycles. The van der Waals surface area contributed by atoms with E-state index in [0.29, 0.717) is 27.9 Å². The zero-order valence-electron chi connectivity index (χ0n) is 21.8. The summed E-state index contributed by atoms with van der Waals surface area (Å²) in [5, 5.41) is 10.9. The topological polar surface area (TPSA) is 95.5 Å². The molecule has 0 unspecified atom stereocenters. The van der Waals surface area contributed by atoms with Gasteiger partial charge in [0.05, 0.1) is 28.5 Å². The molecule has 8 nitrogen and oxygen atoms in total. The van der Waals surface area contributed by atoms with E-state index in [4.69, 9.17) is 0 Å². The molecule has 1 aliphatic heterocycles. The van der Waals surface area contributed by atoms with Crippen molar-refractivity contribution in [3.63, 3.8) is 0 Å². The van der Waals surface area contributed by atoms with Crippen molar-refractivity contribution in [2.75, 3.05) is 18.4 Å². The lowest BCUT2D eigenvalue weighted by molar-refractivity contribution is 0.220. The highest BCUT2D eigenvalue weighted by Crippen LogP contribution is 2.33. The van der Waals surface area contributed by atoms with E-state index in [0.717, 1.165) is 47.7 Å². The Balaban J connectivity index is 1.30. The van der Waals surface area contributed by atoms with E-state index >= 15 is 4.39 Å². The Bertz CT molecular complexity index is 1640. The second-order valence-electron chi connectivity index (χ2n) is 9.87. The number of nitrogens with zero attached hydrogens (tertiary/aromatic N) is 6. The number of aromatic amines is 1. The Labute approximate surface area is 226 Å². The molecular weight excluding hydrogens is 491 g/mol. The molecule has 196 valence electrons. The standard InChI is InChI=1S/C30H29FN8/c1-19-24(8-11-34-28(19)22-6-9-32-10-7-22)36-20(2)29-26-25(37-38-29)17-35-30(27(26)31)23-14-21(15-33-16-23)18-39-12-4-3-5-13-39/h6-11,14-17H,2-5,12-13,18H2,1H3,(H,34,36)(H,37,38). The highest BCUT2D eigenvalue weighted by Gasteiger charge is 2.20. The zero-order valence-corrected chi connectivity index (χ0v) is 21.8. The molecule has 0 spiro atoms. The van der Waals surface area contributed by atoms with Gasteiger partial charge in [0.15, 0.2) is 5.82 Å². The third-order valence-corrected chi connectivity index (χ3v) is 7.20. The monoisotopic (exact) mass is 520 g/mol. The largest absolute Gasteiger partial charge is 0.354 e. The van der Waals surface area contributed by atoms with Crippen molar-refractivity contribution in [1.82, 2.24) is 35.0 Å². The maximum atomic E-state index is 16.1. The van der Waals surface area contributed by atoms with Crippen LogP contribution >= 0.6 is 0 Å². The summed E-state index contributed by atoms with van der Waals surface area (Å²) in [7, 11) is 0. The first-order chi connectivity index (χ1) is 19.1. The van der Waals surface area contributed by atoms with Gasteiger partial charge in [-0.25, -0.2) is 4.39 Å². The van der Waals surface area contributed by atoms with Crippen LogP contribution in [0.25, 0.3) is 39.1 Å². The fourth-order valence-corrected chi connectivity index (χ4v) is 5.17. The van der Waals surface area contributed by atoms with Crippen LogP contribution in [0.1, 0.15) is 36.1 Å². The van der Waals surface area contributed by atoms with Crippen LogP contribution in [-0.2, 0) is 6.54 Å². The highest BCUT2D eigenvalue weighted by molar-refractivity contribution is 5.95. The molecule has 9 heteroatoms. The van der Waals surface area contributed by atoms with Gasteiger partial charge in [0.2, 0.25) is 0 Å². The molecule has 39 heavy (non-hydrogen) atoms. The Morgan fingerprint density at radius 2 is 1.79 bits per heavy atom. The Hall–Kier alpha value is -4.50. The van der Waals surface area contributed by atoms with Crippen LogP contribution < -0.4 is 5.32 Å². The number of nitrogens with one attached hydrogen (secondary N) is 2. The Kier molecular flexibility index (Phi) is 6.81. The normalized spacial score (nSPS) is 14.0. The van der Waals surface area contributed by atoms with Crippen molar-refractivity contribution in [3.8, 4) is 22.5 Å². The van der Waals surface area contributed by atoms with Gasteiger partial charge in [0, 0.05) is 54.3 Å². The summed E-state index contributed by atoms with van der Waals surface area (Å²) in [5.74, 6) is -0.458. The van der Waals surface area contributed by atoms with E-state index in [1.165, 1.54) is 19.3 Å². The molecular formula is C30H29FN8. The molecule has 6 rings (SSSR count). The maximum absolute atomic E-state index is 16.1. The van der Waals surface area contributed by atoms with E-state index in [9.17, 15) is 0 Å². The second-order valence-corrected chi connectivity index (χ2v) is 9.87.